The van der Waals surface area contributed by atoms with Crippen molar-refractivity contribution in [1.29, 1.82) is 0 Å². The molecule has 0 heterocycles. The van der Waals surface area contributed by atoms with Crippen LogP contribution in [-0.2, 0) is 0 Å². The van der Waals surface area contributed by atoms with Gasteiger partial charge in [0.1, 0.15) is 0 Å². The summed E-state index contributed by atoms with van der Waals surface area (Å²) in [4.78, 5) is 0. The standard InChI is InChI=1S/BH2O2.BO2/c2*2-1-3/h2-3H;/q;-2. The molecule has 0 aliphatic heterocycles. The predicted octanol–water partition coefficient (Wildman–Crippen LogP) is -4.25. The molecule has 34 valence electrons. The fraction of sp³-hybridized carbons (Fsp3) is 0. The Labute approximate surface area is 36.7 Å². The van der Waals surface area contributed by atoms with Gasteiger partial charge in [0.25, 0.3) is 0 Å². The van der Waals surface area contributed by atoms with Crippen LogP contribution in [0.15, 0.2) is 0 Å². The first kappa shape index (κ1) is 9.36. The summed E-state index contributed by atoms with van der Waals surface area (Å²) >= 11 is 0. The molecule has 0 aliphatic carbocycles. The first-order chi connectivity index (χ1) is 2.83. The largest absolute Gasteiger partial charge is 0.900 e. The van der Waals surface area contributed by atoms with E-state index in [1.54, 1.807) is 0 Å². The fourth-order valence-corrected chi connectivity index (χ4v) is 0. The van der Waals surface area contributed by atoms with E-state index in [0.29, 0.717) is 0 Å². The van der Waals surface area contributed by atoms with Crippen LogP contribution in [0.1, 0.15) is 0 Å². The zero-order valence-corrected chi connectivity index (χ0v) is 2.87. The van der Waals surface area contributed by atoms with Crippen LogP contribution in [0, 0.1) is 0 Å². The molecule has 6 heteroatoms. The topological polar surface area (TPSA) is 86.6 Å². The van der Waals surface area contributed by atoms with Crippen molar-refractivity contribution in [3.8, 4) is 0 Å². The van der Waals surface area contributed by atoms with E-state index in [4.69, 9.17) is 20.1 Å². The van der Waals surface area contributed by atoms with Gasteiger partial charge in [-0.05, 0) is 0 Å². The minimum absolute atomic E-state index is 0. The van der Waals surface area contributed by atoms with Gasteiger partial charge in [-0.3, -0.25) is 0 Å². The Morgan fingerprint density at radius 3 is 1.17 bits per heavy atom. The molecule has 0 bridgehead atoms. The third-order valence-electron chi connectivity index (χ3n) is 0. The minimum Gasteiger partial charge on any atom is -0.900 e. The molecule has 6 heavy (non-hydrogen) atoms. The van der Waals surface area contributed by atoms with Crippen LogP contribution in [0.25, 0.3) is 0 Å². The molecule has 0 saturated heterocycles. The van der Waals surface area contributed by atoms with Crippen molar-refractivity contribution < 1.29 is 20.1 Å². The first-order valence-corrected chi connectivity index (χ1v) is 0.988. The lowest BCUT2D eigenvalue weighted by Gasteiger charge is -2.01. The Hall–Kier alpha value is -0.0301. The fourth-order valence-electron chi connectivity index (χ4n) is 0. The Balaban J connectivity index is 0. The third kappa shape index (κ3) is 38600. The first-order valence-electron chi connectivity index (χ1n) is 0.988. The van der Waals surface area contributed by atoms with Crippen LogP contribution >= 0.6 is 0 Å². The van der Waals surface area contributed by atoms with Crippen molar-refractivity contribution in [1.82, 2.24) is 0 Å². The summed E-state index contributed by atoms with van der Waals surface area (Å²) < 4.78 is 0. The zero-order chi connectivity index (χ0) is 5.41. The average molecular weight is 87.6 g/mol. The lowest BCUT2D eigenvalue weighted by molar-refractivity contribution is -0.328. The highest BCUT2D eigenvalue weighted by atomic mass is 16.4. The summed E-state index contributed by atoms with van der Waals surface area (Å²) in [5.74, 6) is 0. The second-order valence-corrected chi connectivity index (χ2v) is 0.212. The van der Waals surface area contributed by atoms with Crippen molar-refractivity contribution in [2.45, 2.75) is 0 Å². The molecule has 2 radical (unpaired) electrons. The van der Waals surface area contributed by atoms with Crippen LogP contribution in [-0.4, -0.2) is 25.4 Å². The summed E-state index contributed by atoms with van der Waals surface area (Å²) in [6.45, 7) is 0. The van der Waals surface area contributed by atoms with E-state index in [-0.39, 0.29) is 7.69 Å². The minimum atomic E-state index is -0.500. The smallest absolute Gasteiger partial charge is 0.482 e. The molecule has 0 rings (SSSR count). The molecule has 0 fully saturated rings. The molecule has 0 aliphatic rings. The molecular weight excluding hydrogens is 85.6 g/mol. The van der Waals surface area contributed by atoms with Crippen LogP contribution in [0.4, 0.5) is 0 Å². The van der Waals surface area contributed by atoms with Gasteiger partial charge in [-0.2, -0.15) is 0 Å². The van der Waals surface area contributed by atoms with E-state index in [9.17, 15) is 0 Å². The molecular formula is H2B2O4-2. The van der Waals surface area contributed by atoms with Gasteiger partial charge in [-0.25, -0.2) is 7.69 Å². The van der Waals surface area contributed by atoms with Crippen molar-refractivity contribution in [3.63, 3.8) is 0 Å². The van der Waals surface area contributed by atoms with Gasteiger partial charge < -0.3 is 20.1 Å². The second kappa shape index (κ2) is 20.2. The maximum Gasteiger partial charge on any atom is 0.482 e. The molecule has 2 N–H and O–H groups in total. The SMILES string of the molecule is O[B]O.[O-][B][O-]. The highest BCUT2D eigenvalue weighted by molar-refractivity contribution is 6.13. The van der Waals surface area contributed by atoms with Gasteiger partial charge in [0, 0.05) is 0 Å². The third-order valence-corrected chi connectivity index (χ3v) is 0. The zero-order valence-electron chi connectivity index (χ0n) is 2.87. The van der Waals surface area contributed by atoms with Crippen molar-refractivity contribution in [3.05, 3.63) is 0 Å². The molecule has 0 spiro atoms. The summed E-state index contributed by atoms with van der Waals surface area (Å²) in [7, 11) is -0.500. The molecule has 0 amide bonds. The molecule has 0 aromatic carbocycles. The molecule has 0 aromatic rings. The van der Waals surface area contributed by atoms with Gasteiger partial charge >= 0.3 is 7.69 Å². The van der Waals surface area contributed by atoms with E-state index < -0.39 is 7.69 Å². The summed E-state index contributed by atoms with van der Waals surface area (Å²) in [6.07, 6.45) is 0. The van der Waals surface area contributed by atoms with Crippen molar-refractivity contribution in [2.24, 2.45) is 0 Å². The Bertz CT molecular complexity index is 7.51. The van der Waals surface area contributed by atoms with Gasteiger partial charge in [0.15, 0.2) is 0 Å². The van der Waals surface area contributed by atoms with E-state index >= 15 is 0 Å². The maximum atomic E-state index is 8.25. The quantitative estimate of drug-likeness (QED) is 0.293. The molecule has 0 saturated carbocycles. The highest BCUT2D eigenvalue weighted by Gasteiger charge is 1.51. The van der Waals surface area contributed by atoms with E-state index in [1.165, 1.54) is 0 Å². The van der Waals surface area contributed by atoms with Gasteiger partial charge in [-0.1, -0.05) is 0 Å². The maximum absolute atomic E-state index is 8.25. The number of hydrogen-bond acceptors (Lipinski definition) is 4. The monoisotopic (exact) mass is 88.0 g/mol. The van der Waals surface area contributed by atoms with Crippen molar-refractivity contribution in [2.75, 3.05) is 0 Å². The normalized spacial score (nSPS) is 4.67. The molecule has 4 nitrogen and oxygen atoms in total. The predicted molar refractivity (Wildman–Crippen MR) is 15.9 cm³/mol. The van der Waals surface area contributed by atoms with Crippen LogP contribution in [0.2, 0.25) is 0 Å². The second-order valence-electron chi connectivity index (χ2n) is 0.212. The Morgan fingerprint density at radius 1 is 1.17 bits per heavy atom. The van der Waals surface area contributed by atoms with E-state index in [0.717, 1.165) is 0 Å². The van der Waals surface area contributed by atoms with Crippen molar-refractivity contribution >= 4 is 15.4 Å². The summed E-state index contributed by atoms with van der Waals surface area (Å²) in [6, 6.07) is 0. The summed E-state index contributed by atoms with van der Waals surface area (Å²) in [5, 5.41) is 30.5. The van der Waals surface area contributed by atoms with Gasteiger partial charge in [0.2, 0.25) is 0 Å². The average Bonchev–Trinajstić information content (AvgIpc) is 1.39. The number of rotatable bonds is 0. The highest BCUT2D eigenvalue weighted by Crippen LogP contribution is 1.08. The van der Waals surface area contributed by atoms with Crippen LogP contribution < -0.4 is 10.0 Å². The number of hydrogen-bond donors (Lipinski definition) is 2. The van der Waals surface area contributed by atoms with Gasteiger partial charge in [-0.15, -0.1) is 0 Å². The van der Waals surface area contributed by atoms with Gasteiger partial charge in [0.05, 0.1) is 0 Å². The Kier molecular flexibility index (Phi) is 31.5. The lowest BCUT2D eigenvalue weighted by atomic mass is 10.5. The molecule has 0 atom stereocenters. The van der Waals surface area contributed by atoms with E-state index in [2.05, 4.69) is 0 Å². The Morgan fingerprint density at radius 2 is 1.17 bits per heavy atom. The molecule has 0 aromatic heterocycles. The van der Waals surface area contributed by atoms with Crippen LogP contribution in [0.5, 0.6) is 0 Å². The van der Waals surface area contributed by atoms with E-state index in [1.807, 2.05) is 0 Å². The van der Waals surface area contributed by atoms with Crippen LogP contribution in [0.3, 0.4) is 0 Å². The molecule has 0 unspecified atom stereocenters. The lowest BCUT2D eigenvalue weighted by Crippen LogP contribution is -2.26. The summed E-state index contributed by atoms with van der Waals surface area (Å²) in [5.41, 5.74) is 0.